The fourth-order valence-corrected chi connectivity index (χ4v) is 3.80. The van der Waals surface area contributed by atoms with Gasteiger partial charge >= 0.3 is 0 Å². The minimum Gasteiger partial charge on any atom is -0.395 e. The van der Waals surface area contributed by atoms with Gasteiger partial charge in [-0.1, -0.05) is 0 Å². The van der Waals surface area contributed by atoms with E-state index in [9.17, 15) is 0 Å². The summed E-state index contributed by atoms with van der Waals surface area (Å²) in [4.78, 5) is 14.7. The molecular formula is C16H24N6O4. The van der Waals surface area contributed by atoms with Gasteiger partial charge in [0, 0.05) is 13.1 Å². The van der Waals surface area contributed by atoms with Gasteiger partial charge in [-0.2, -0.15) is 0 Å². The van der Waals surface area contributed by atoms with E-state index in [-0.39, 0.29) is 18.8 Å². The van der Waals surface area contributed by atoms with E-state index in [0.29, 0.717) is 36.7 Å². The summed E-state index contributed by atoms with van der Waals surface area (Å²) in [6.45, 7) is 5.31. The fourth-order valence-electron chi connectivity index (χ4n) is 3.80. The Labute approximate surface area is 150 Å². The van der Waals surface area contributed by atoms with Gasteiger partial charge in [-0.05, 0) is 20.9 Å². The summed E-state index contributed by atoms with van der Waals surface area (Å²) < 4.78 is 20.4. The zero-order valence-corrected chi connectivity index (χ0v) is 15.1. The average Bonchev–Trinajstić information content (AvgIpc) is 3.20. The summed E-state index contributed by atoms with van der Waals surface area (Å²) in [5.74, 6) is -0.463. The third-order valence-corrected chi connectivity index (χ3v) is 4.86. The lowest BCUT2D eigenvalue weighted by Crippen LogP contribution is -2.46. The maximum absolute atomic E-state index is 9.15. The van der Waals surface area contributed by atoms with E-state index in [4.69, 9.17) is 25.1 Å². The van der Waals surface area contributed by atoms with Crippen LogP contribution in [0.15, 0.2) is 12.7 Å². The molecule has 10 heteroatoms. The van der Waals surface area contributed by atoms with E-state index in [2.05, 4.69) is 15.0 Å². The van der Waals surface area contributed by atoms with Crippen molar-refractivity contribution in [1.29, 1.82) is 0 Å². The quantitative estimate of drug-likeness (QED) is 0.725. The molecule has 0 saturated carbocycles. The molecule has 26 heavy (non-hydrogen) atoms. The molecule has 2 aliphatic heterocycles. The summed E-state index contributed by atoms with van der Waals surface area (Å²) >= 11 is 0. The number of anilines is 1. The van der Waals surface area contributed by atoms with Crippen molar-refractivity contribution in [3.63, 3.8) is 0 Å². The van der Waals surface area contributed by atoms with Crippen molar-refractivity contribution in [1.82, 2.24) is 24.4 Å². The van der Waals surface area contributed by atoms with Crippen LogP contribution >= 0.6 is 0 Å². The Morgan fingerprint density at radius 3 is 2.96 bits per heavy atom. The number of aliphatic hydroxyl groups is 1. The topological polar surface area (TPSA) is 121 Å². The van der Waals surface area contributed by atoms with Crippen LogP contribution in [0.4, 0.5) is 5.82 Å². The molecule has 2 aliphatic rings. The molecule has 4 rings (SSSR count). The SMILES string of the molecule is CN(CCO)C[C@H]1OC[C@@]2(n3cnc4c(N)ncnc43)OC(C)(C)O[C@H]12. The molecule has 0 aromatic carbocycles. The van der Waals surface area contributed by atoms with Gasteiger partial charge in [0.25, 0.3) is 0 Å². The van der Waals surface area contributed by atoms with Crippen LogP contribution in [0.5, 0.6) is 0 Å². The number of nitrogen functional groups attached to an aromatic ring is 1. The maximum atomic E-state index is 9.15. The largest absolute Gasteiger partial charge is 0.395 e. The fraction of sp³-hybridized carbons (Fsp3) is 0.688. The highest BCUT2D eigenvalue weighted by Gasteiger charge is 2.62. The van der Waals surface area contributed by atoms with Gasteiger partial charge in [0.05, 0.1) is 19.5 Å². The van der Waals surface area contributed by atoms with Gasteiger partial charge < -0.3 is 30.0 Å². The van der Waals surface area contributed by atoms with Crippen molar-refractivity contribution in [3.05, 3.63) is 12.7 Å². The number of aromatic nitrogens is 4. The highest BCUT2D eigenvalue weighted by Crippen LogP contribution is 2.47. The van der Waals surface area contributed by atoms with Gasteiger partial charge in [0.2, 0.25) is 5.72 Å². The average molecular weight is 364 g/mol. The standard InChI is InChI=1S/C16H24N6O4/c1-15(2)25-12-10(6-21(3)4-5-23)24-7-16(12,26-15)22-9-20-11-13(17)18-8-19-14(11)22/h8-10,12,23H,4-7H2,1-3H3,(H2,17,18,19)/t10-,12-,16-/m1/s1. The van der Waals surface area contributed by atoms with E-state index >= 15 is 0 Å². The number of fused-ring (bicyclic) bond motifs is 2. The van der Waals surface area contributed by atoms with E-state index in [0.717, 1.165) is 0 Å². The van der Waals surface area contributed by atoms with E-state index in [1.807, 2.05) is 30.4 Å². The summed E-state index contributed by atoms with van der Waals surface area (Å²) in [6, 6.07) is 0. The molecule has 3 N–H and O–H groups in total. The van der Waals surface area contributed by atoms with E-state index in [1.54, 1.807) is 6.33 Å². The lowest BCUT2D eigenvalue weighted by Gasteiger charge is -2.29. The van der Waals surface area contributed by atoms with Crippen LogP contribution in [-0.4, -0.2) is 80.9 Å². The van der Waals surface area contributed by atoms with Crippen LogP contribution in [0.2, 0.25) is 0 Å². The monoisotopic (exact) mass is 364 g/mol. The Morgan fingerprint density at radius 2 is 2.19 bits per heavy atom. The molecule has 2 aromatic rings. The second kappa shape index (κ2) is 6.10. The molecular weight excluding hydrogens is 340 g/mol. The molecule has 0 amide bonds. The van der Waals surface area contributed by atoms with E-state index in [1.165, 1.54) is 6.33 Å². The van der Waals surface area contributed by atoms with Crippen LogP contribution < -0.4 is 5.73 Å². The number of nitrogens with two attached hydrogens (primary N) is 1. The smallest absolute Gasteiger partial charge is 0.203 e. The Bertz CT molecular complexity index is 811. The Morgan fingerprint density at radius 1 is 1.38 bits per heavy atom. The minimum atomic E-state index is -0.885. The van der Waals surface area contributed by atoms with Crippen LogP contribution in [0.3, 0.4) is 0 Å². The first-order valence-electron chi connectivity index (χ1n) is 8.59. The van der Waals surface area contributed by atoms with Gasteiger partial charge in [-0.3, -0.25) is 4.57 Å². The molecule has 0 aliphatic carbocycles. The lowest BCUT2D eigenvalue weighted by atomic mass is 10.0. The van der Waals surface area contributed by atoms with Crippen LogP contribution in [0.1, 0.15) is 13.8 Å². The van der Waals surface area contributed by atoms with Crippen molar-refractivity contribution < 1.29 is 19.3 Å². The highest BCUT2D eigenvalue weighted by molar-refractivity contribution is 5.81. The summed E-state index contributed by atoms with van der Waals surface area (Å²) in [7, 11) is 1.93. The normalized spacial score (nSPS) is 30.3. The first-order chi connectivity index (χ1) is 12.4. The molecule has 10 nitrogen and oxygen atoms in total. The van der Waals surface area contributed by atoms with Crippen molar-refractivity contribution in [3.8, 4) is 0 Å². The predicted octanol–water partition coefficient (Wildman–Crippen LogP) is -0.464. The van der Waals surface area contributed by atoms with Crippen molar-refractivity contribution in [2.75, 3.05) is 39.1 Å². The Balaban J connectivity index is 1.73. The molecule has 2 aromatic heterocycles. The number of ether oxygens (including phenoxy) is 3. The third-order valence-electron chi connectivity index (χ3n) is 4.86. The number of rotatable bonds is 5. The summed E-state index contributed by atoms with van der Waals surface area (Å²) in [5, 5.41) is 9.15. The molecule has 2 fully saturated rings. The first kappa shape index (κ1) is 17.6. The minimum absolute atomic E-state index is 0.0875. The molecule has 3 atom stereocenters. The first-order valence-corrected chi connectivity index (χ1v) is 8.59. The van der Waals surface area contributed by atoms with Crippen molar-refractivity contribution in [2.45, 2.75) is 37.6 Å². The zero-order valence-electron chi connectivity index (χ0n) is 15.1. The second-order valence-electron chi connectivity index (χ2n) is 7.27. The molecule has 0 radical (unpaired) electrons. The molecule has 0 unspecified atom stereocenters. The van der Waals surface area contributed by atoms with Crippen molar-refractivity contribution >= 4 is 17.0 Å². The maximum Gasteiger partial charge on any atom is 0.203 e. The van der Waals surface area contributed by atoms with Gasteiger partial charge in [-0.15, -0.1) is 0 Å². The van der Waals surface area contributed by atoms with Crippen LogP contribution in [0.25, 0.3) is 11.2 Å². The molecule has 142 valence electrons. The number of aliphatic hydroxyl groups excluding tert-OH is 1. The van der Waals surface area contributed by atoms with Gasteiger partial charge in [0.15, 0.2) is 17.3 Å². The Kier molecular flexibility index (Phi) is 4.12. The number of hydrogen-bond acceptors (Lipinski definition) is 9. The van der Waals surface area contributed by atoms with Crippen LogP contribution in [-0.2, 0) is 19.9 Å². The zero-order chi connectivity index (χ0) is 18.5. The van der Waals surface area contributed by atoms with Crippen molar-refractivity contribution in [2.24, 2.45) is 0 Å². The molecule has 0 bridgehead atoms. The Hall–Kier alpha value is -1.85. The summed E-state index contributed by atoms with van der Waals surface area (Å²) in [6.07, 6.45) is 2.48. The third kappa shape index (κ3) is 2.65. The predicted molar refractivity (Wildman–Crippen MR) is 92.1 cm³/mol. The van der Waals surface area contributed by atoms with Crippen LogP contribution in [0, 0.1) is 0 Å². The molecule has 0 spiro atoms. The van der Waals surface area contributed by atoms with Gasteiger partial charge in [0.1, 0.15) is 24.1 Å². The lowest BCUT2D eigenvalue weighted by molar-refractivity contribution is -0.205. The summed E-state index contributed by atoms with van der Waals surface area (Å²) in [5.41, 5.74) is 6.14. The van der Waals surface area contributed by atoms with E-state index < -0.39 is 11.5 Å². The highest BCUT2D eigenvalue weighted by atomic mass is 16.8. The number of hydrogen-bond donors (Lipinski definition) is 2. The molecule has 4 heterocycles. The van der Waals surface area contributed by atoms with Gasteiger partial charge in [-0.25, -0.2) is 15.0 Å². The second-order valence-corrected chi connectivity index (χ2v) is 7.27. The number of imidazole rings is 1. The number of nitrogens with zero attached hydrogens (tertiary/aromatic N) is 5. The number of likely N-dealkylation sites (N-methyl/N-ethyl adjacent to an activating group) is 1. The molecule has 2 saturated heterocycles.